The molecule has 18 heavy (non-hydrogen) atoms. The average molecular weight is 271 g/mol. The summed E-state index contributed by atoms with van der Waals surface area (Å²) in [6, 6.07) is 0.464. The van der Waals surface area contributed by atoms with Gasteiger partial charge in [-0.05, 0) is 46.5 Å². The van der Waals surface area contributed by atoms with Gasteiger partial charge in [-0.3, -0.25) is 4.68 Å². The zero-order chi connectivity index (χ0) is 13.3. The van der Waals surface area contributed by atoms with Crippen LogP contribution in [0.1, 0.15) is 61.0 Å². The molecule has 2 rings (SSSR count). The Morgan fingerprint density at radius 2 is 2.11 bits per heavy atom. The van der Waals surface area contributed by atoms with Gasteiger partial charge in [0.15, 0.2) is 0 Å². The second-order valence-electron chi connectivity index (χ2n) is 5.32. The van der Waals surface area contributed by atoms with Crippen LogP contribution >= 0.6 is 11.6 Å². The summed E-state index contributed by atoms with van der Waals surface area (Å²) in [6.45, 7) is 6.20. The lowest BCUT2D eigenvalue weighted by Crippen LogP contribution is -2.25. The van der Waals surface area contributed by atoms with Crippen molar-refractivity contribution in [2.24, 2.45) is 0 Å². The van der Waals surface area contributed by atoms with Crippen molar-refractivity contribution in [3.63, 3.8) is 0 Å². The highest BCUT2D eigenvalue weighted by atomic mass is 35.5. The first-order valence-corrected chi connectivity index (χ1v) is 7.20. The molecule has 1 aromatic heterocycles. The fourth-order valence-electron chi connectivity index (χ4n) is 3.16. The van der Waals surface area contributed by atoms with E-state index in [2.05, 4.69) is 11.6 Å². The molecular formula is C14H23ClN2O. The monoisotopic (exact) mass is 270 g/mol. The minimum Gasteiger partial charge on any atom is -0.381 e. The minimum absolute atomic E-state index is 0.0283. The summed E-state index contributed by atoms with van der Waals surface area (Å²) in [7, 11) is 1.81. The van der Waals surface area contributed by atoms with Crippen LogP contribution in [0, 0.1) is 13.8 Å². The molecule has 3 atom stereocenters. The maximum atomic E-state index is 6.24. The van der Waals surface area contributed by atoms with Crippen molar-refractivity contribution in [1.29, 1.82) is 0 Å². The van der Waals surface area contributed by atoms with E-state index in [-0.39, 0.29) is 5.38 Å². The number of hydrogen-bond acceptors (Lipinski definition) is 2. The summed E-state index contributed by atoms with van der Waals surface area (Å²) in [5.41, 5.74) is 3.47. The maximum absolute atomic E-state index is 6.24. The quantitative estimate of drug-likeness (QED) is 0.778. The first kappa shape index (κ1) is 13.9. The Kier molecular flexibility index (Phi) is 4.33. The molecule has 0 aliphatic heterocycles. The first-order valence-electron chi connectivity index (χ1n) is 6.77. The molecule has 1 aliphatic rings. The first-order chi connectivity index (χ1) is 8.54. The smallest absolute Gasteiger partial charge is 0.0643 e. The molecule has 1 saturated carbocycles. The third-order valence-electron chi connectivity index (χ3n) is 4.06. The van der Waals surface area contributed by atoms with Gasteiger partial charge in [-0.1, -0.05) is 0 Å². The summed E-state index contributed by atoms with van der Waals surface area (Å²) in [6.07, 6.45) is 5.02. The molecule has 3 unspecified atom stereocenters. The fourth-order valence-corrected chi connectivity index (χ4v) is 3.48. The molecule has 0 radical (unpaired) electrons. The number of aromatic nitrogens is 2. The number of hydrogen-bond donors (Lipinski definition) is 0. The Bertz CT molecular complexity index is 414. The van der Waals surface area contributed by atoms with Crippen LogP contribution in [0.15, 0.2) is 0 Å². The van der Waals surface area contributed by atoms with Crippen molar-refractivity contribution in [2.45, 2.75) is 64.0 Å². The van der Waals surface area contributed by atoms with Crippen LogP contribution in [0.4, 0.5) is 0 Å². The van der Waals surface area contributed by atoms with Gasteiger partial charge < -0.3 is 4.74 Å². The van der Waals surface area contributed by atoms with Crippen LogP contribution in [0.3, 0.4) is 0 Å². The molecule has 0 aromatic carbocycles. The SMILES string of the molecule is COC1CCCC(n2nc(C)c(C(C)Cl)c2C)C1. The zero-order valence-corrected chi connectivity index (χ0v) is 12.5. The van der Waals surface area contributed by atoms with Crippen molar-refractivity contribution in [3.05, 3.63) is 17.0 Å². The molecule has 3 nitrogen and oxygen atoms in total. The highest BCUT2D eigenvalue weighted by Crippen LogP contribution is 2.34. The lowest BCUT2D eigenvalue weighted by Gasteiger charge is -2.29. The Hall–Kier alpha value is -0.540. The molecule has 1 fully saturated rings. The number of alkyl halides is 1. The van der Waals surface area contributed by atoms with E-state index in [1.807, 2.05) is 13.8 Å². The Balaban J connectivity index is 2.25. The largest absolute Gasteiger partial charge is 0.381 e. The van der Waals surface area contributed by atoms with Gasteiger partial charge in [-0.15, -0.1) is 11.6 Å². The van der Waals surface area contributed by atoms with Gasteiger partial charge in [-0.25, -0.2) is 0 Å². The van der Waals surface area contributed by atoms with Crippen LogP contribution in [-0.4, -0.2) is 23.0 Å². The Morgan fingerprint density at radius 3 is 2.67 bits per heavy atom. The van der Waals surface area contributed by atoms with E-state index in [0.29, 0.717) is 12.1 Å². The molecule has 0 amide bonds. The number of rotatable bonds is 3. The van der Waals surface area contributed by atoms with Gasteiger partial charge in [0.05, 0.1) is 23.2 Å². The maximum Gasteiger partial charge on any atom is 0.0643 e. The van der Waals surface area contributed by atoms with E-state index in [1.54, 1.807) is 7.11 Å². The van der Waals surface area contributed by atoms with Gasteiger partial charge in [0.25, 0.3) is 0 Å². The van der Waals surface area contributed by atoms with E-state index in [1.165, 1.54) is 30.5 Å². The average Bonchev–Trinajstić information content (AvgIpc) is 2.65. The summed E-state index contributed by atoms with van der Waals surface area (Å²) in [5, 5.41) is 4.73. The summed E-state index contributed by atoms with van der Waals surface area (Å²) < 4.78 is 7.68. The topological polar surface area (TPSA) is 27.1 Å². The lowest BCUT2D eigenvalue weighted by atomic mass is 9.92. The molecule has 0 saturated heterocycles. The van der Waals surface area contributed by atoms with E-state index in [4.69, 9.17) is 21.4 Å². The minimum atomic E-state index is 0.0283. The number of halogens is 1. The third-order valence-corrected chi connectivity index (χ3v) is 4.27. The van der Waals surface area contributed by atoms with E-state index < -0.39 is 0 Å². The van der Waals surface area contributed by atoms with Crippen molar-refractivity contribution in [3.8, 4) is 0 Å². The Morgan fingerprint density at radius 1 is 1.39 bits per heavy atom. The van der Waals surface area contributed by atoms with Crippen LogP contribution in [0.5, 0.6) is 0 Å². The predicted octanol–water partition coefficient (Wildman–Crippen LogP) is 3.93. The Labute approximate surface area is 114 Å². The highest BCUT2D eigenvalue weighted by molar-refractivity contribution is 6.20. The standard InChI is InChI=1S/C14H23ClN2O/c1-9(15)14-10(2)16-17(11(14)3)12-6-5-7-13(8-12)18-4/h9,12-13H,5-8H2,1-4H3. The number of methoxy groups -OCH3 is 1. The lowest BCUT2D eigenvalue weighted by molar-refractivity contribution is 0.0503. The second kappa shape index (κ2) is 5.62. The molecule has 0 N–H and O–H groups in total. The number of nitrogens with zero attached hydrogens (tertiary/aromatic N) is 2. The van der Waals surface area contributed by atoms with Gasteiger partial charge in [-0.2, -0.15) is 5.10 Å². The molecule has 1 aliphatic carbocycles. The molecule has 0 spiro atoms. The highest BCUT2D eigenvalue weighted by Gasteiger charge is 2.26. The molecule has 1 aromatic rings. The van der Waals surface area contributed by atoms with E-state index in [9.17, 15) is 0 Å². The van der Waals surface area contributed by atoms with E-state index >= 15 is 0 Å². The van der Waals surface area contributed by atoms with Crippen molar-refractivity contribution >= 4 is 11.6 Å². The normalized spacial score (nSPS) is 26.3. The predicted molar refractivity (Wildman–Crippen MR) is 74.3 cm³/mol. The van der Waals surface area contributed by atoms with Crippen molar-refractivity contribution < 1.29 is 4.74 Å². The van der Waals surface area contributed by atoms with Gasteiger partial charge in [0.1, 0.15) is 0 Å². The summed E-state index contributed by atoms with van der Waals surface area (Å²) in [5.74, 6) is 0. The summed E-state index contributed by atoms with van der Waals surface area (Å²) >= 11 is 6.24. The number of ether oxygens (including phenoxy) is 1. The second-order valence-corrected chi connectivity index (χ2v) is 5.98. The fraction of sp³-hybridized carbons (Fsp3) is 0.786. The van der Waals surface area contributed by atoms with Crippen LogP contribution in [0.25, 0.3) is 0 Å². The van der Waals surface area contributed by atoms with Crippen LogP contribution in [-0.2, 0) is 4.74 Å². The van der Waals surface area contributed by atoms with Crippen LogP contribution in [0.2, 0.25) is 0 Å². The molecular weight excluding hydrogens is 248 g/mol. The summed E-state index contributed by atoms with van der Waals surface area (Å²) in [4.78, 5) is 0. The third kappa shape index (κ3) is 2.57. The van der Waals surface area contributed by atoms with Gasteiger partial charge in [0.2, 0.25) is 0 Å². The molecule has 102 valence electrons. The molecule has 4 heteroatoms. The molecule has 0 bridgehead atoms. The van der Waals surface area contributed by atoms with Gasteiger partial charge >= 0.3 is 0 Å². The van der Waals surface area contributed by atoms with Gasteiger partial charge in [0, 0.05) is 18.4 Å². The van der Waals surface area contributed by atoms with Crippen molar-refractivity contribution in [1.82, 2.24) is 9.78 Å². The molecule has 1 heterocycles. The van der Waals surface area contributed by atoms with Crippen LogP contribution < -0.4 is 0 Å². The number of aryl methyl sites for hydroxylation is 1. The zero-order valence-electron chi connectivity index (χ0n) is 11.7. The van der Waals surface area contributed by atoms with Crippen molar-refractivity contribution in [2.75, 3.05) is 7.11 Å². The van der Waals surface area contributed by atoms with E-state index in [0.717, 1.165) is 12.1 Å².